The van der Waals surface area contributed by atoms with E-state index in [-0.39, 0.29) is 30.5 Å². The third kappa shape index (κ3) is 3.33. The van der Waals surface area contributed by atoms with Crippen molar-refractivity contribution >= 4 is 11.8 Å². The van der Waals surface area contributed by atoms with Crippen LogP contribution in [-0.4, -0.2) is 30.9 Å². The highest BCUT2D eigenvalue weighted by Crippen LogP contribution is 2.11. The van der Waals surface area contributed by atoms with Crippen molar-refractivity contribution in [3.05, 3.63) is 35.1 Å². The summed E-state index contributed by atoms with van der Waals surface area (Å²) in [4.78, 5) is 23.0. The molecule has 2 amide bonds. The van der Waals surface area contributed by atoms with Crippen LogP contribution in [0.25, 0.3) is 0 Å². The molecule has 0 saturated carbocycles. The highest BCUT2D eigenvalue weighted by Gasteiger charge is 2.24. The molecule has 104 valence electrons. The highest BCUT2D eigenvalue weighted by molar-refractivity contribution is 5.95. The summed E-state index contributed by atoms with van der Waals surface area (Å²) in [6.45, 7) is 0.549. The van der Waals surface area contributed by atoms with Gasteiger partial charge in [-0.1, -0.05) is 11.8 Å². The van der Waals surface area contributed by atoms with Crippen LogP contribution in [0.5, 0.6) is 0 Å². The molecule has 0 radical (unpaired) electrons. The fourth-order valence-electron chi connectivity index (χ4n) is 1.90. The van der Waals surface area contributed by atoms with Crippen molar-refractivity contribution in [2.24, 2.45) is 5.73 Å². The average Bonchev–Trinajstić information content (AvgIpc) is 2.83. The Bertz CT molecular complexity index is 604. The minimum absolute atomic E-state index is 0.0897. The Hall–Kier alpha value is -2.39. The normalized spacial score (nSPS) is 17.1. The second-order valence-electron chi connectivity index (χ2n) is 4.38. The number of amides is 2. The van der Waals surface area contributed by atoms with Gasteiger partial charge in [0.1, 0.15) is 5.82 Å². The predicted octanol–water partition coefficient (Wildman–Crippen LogP) is -0.246. The van der Waals surface area contributed by atoms with Crippen LogP contribution in [0.2, 0.25) is 0 Å². The Morgan fingerprint density at radius 2 is 2.35 bits per heavy atom. The Morgan fingerprint density at radius 1 is 1.55 bits per heavy atom. The second-order valence-corrected chi connectivity index (χ2v) is 4.38. The topological polar surface area (TPSA) is 84.2 Å². The van der Waals surface area contributed by atoms with Gasteiger partial charge < -0.3 is 16.4 Å². The molecule has 0 bridgehead atoms. The maximum atomic E-state index is 13.7. The Morgan fingerprint density at radius 3 is 3.00 bits per heavy atom. The Balaban J connectivity index is 2.14. The molecule has 0 aromatic heterocycles. The van der Waals surface area contributed by atoms with Crippen molar-refractivity contribution in [1.82, 2.24) is 10.6 Å². The summed E-state index contributed by atoms with van der Waals surface area (Å²) in [6.07, 6.45) is 0.208. The molecule has 1 aromatic rings. The summed E-state index contributed by atoms with van der Waals surface area (Å²) in [5, 5.41) is 5.21. The summed E-state index contributed by atoms with van der Waals surface area (Å²) < 4.78 is 13.7. The van der Waals surface area contributed by atoms with Crippen LogP contribution in [0.4, 0.5) is 4.39 Å². The molecule has 1 aromatic carbocycles. The molecule has 4 N–H and O–H groups in total. The molecule has 0 spiro atoms. The summed E-state index contributed by atoms with van der Waals surface area (Å²) in [7, 11) is 0. The van der Waals surface area contributed by atoms with E-state index in [1.807, 2.05) is 0 Å². The lowest BCUT2D eigenvalue weighted by Crippen LogP contribution is -2.36. The maximum absolute atomic E-state index is 13.7. The van der Waals surface area contributed by atoms with Gasteiger partial charge in [-0.2, -0.15) is 0 Å². The Labute approximate surface area is 115 Å². The van der Waals surface area contributed by atoms with Gasteiger partial charge in [-0.15, -0.1) is 0 Å². The fraction of sp³-hybridized carbons (Fsp3) is 0.286. The predicted molar refractivity (Wildman–Crippen MR) is 71.2 cm³/mol. The van der Waals surface area contributed by atoms with Gasteiger partial charge in [0, 0.05) is 18.5 Å². The number of hydrogen-bond acceptors (Lipinski definition) is 3. The van der Waals surface area contributed by atoms with Crippen LogP contribution in [0.1, 0.15) is 22.3 Å². The van der Waals surface area contributed by atoms with Crippen molar-refractivity contribution in [2.45, 2.75) is 12.5 Å². The number of halogens is 1. The monoisotopic (exact) mass is 275 g/mol. The molecule has 6 heteroatoms. The van der Waals surface area contributed by atoms with Gasteiger partial charge in [0.05, 0.1) is 18.2 Å². The zero-order valence-corrected chi connectivity index (χ0v) is 10.7. The molecular formula is C14H14FN3O2. The van der Waals surface area contributed by atoms with Crippen LogP contribution < -0.4 is 16.4 Å². The lowest BCUT2D eigenvalue weighted by atomic mass is 10.1. The molecule has 1 saturated heterocycles. The van der Waals surface area contributed by atoms with Gasteiger partial charge in [0.25, 0.3) is 5.91 Å². The third-order valence-electron chi connectivity index (χ3n) is 2.86. The van der Waals surface area contributed by atoms with E-state index in [1.54, 1.807) is 0 Å². The molecule has 1 fully saturated rings. The van der Waals surface area contributed by atoms with Crippen molar-refractivity contribution in [2.75, 3.05) is 13.1 Å². The third-order valence-corrected chi connectivity index (χ3v) is 2.86. The minimum Gasteiger partial charge on any atom is -0.354 e. The van der Waals surface area contributed by atoms with Crippen molar-refractivity contribution in [3.8, 4) is 11.8 Å². The number of carbonyl (C=O) groups is 2. The van der Waals surface area contributed by atoms with Crippen molar-refractivity contribution in [3.63, 3.8) is 0 Å². The SMILES string of the molecule is NCC#Cc1ccc(F)c(C(=O)NC2CNC(=O)C2)c1. The summed E-state index contributed by atoms with van der Waals surface area (Å²) >= 11 is 0. The van der Waals surface area contributed by atoms with Crippen molar-refractivity contribution in [1.29, 1.82) is 0 Å². The smallest absolute Gasteiger partial charge is 0.254 e. The number of hydrogen-bond donors (Lipinski definition) is 3. The standard InChI is InChI=1S/C14H14FN3O2/c15-12-4-3-9(2-1-5-16)6-11(12)14(20)18-10-7-13(19)17-8-10/h3-4,6,10H,5,7-8,16H2,(H,17,19)(H,18,20). The van der Waals surface area contributed by atoms with E-state index in [9.17, 15) is 14.0 Å². The van der Waals surface area contributed by atoms with Gasteiger partial charge in [-0.25, -0.2) is 4.39 Å². The average molecular weight is 275 g/mol. The van der Waals surface area contributed by atoms with Crippen LogP contribution >= 0.6 is 0 Å². The first kappa shape index (κ1) is 14.0. The number of rotatable bonds is 2. The number of nitrogens with two attached hydrogens (primary N) is 1. The maximum Gasteiger partial charge on any atom is 0.254 e. The number of carbonyl (C=O) groups excluding carboxylic acids is 2. The van der Waals surface area contributed by atoms with Gasteiger partial charge >= 0.3 is 0 Å². The van der Waals surface area contributed by atoms with Gasteiger partial charge in [-0.05, 0) is 18.2 Å². The van der Waals surface area contributed by atoms with Gasteiger partial charge in [0.2, 0.25) is 5.91 Å². The van der Waals surface area contributed by atoms with Crippen LogP contribution in [0, 0.1) is 17.7 Å². The van der Waals surface area contributed by atoms with Crippen LogP contribution in [-0.2, 0) is 4.79 Å². The summed E-state index contributed by atoms with van der Waals surface area (Å²) in [5.41, 5.74) is 5.69. The van der Waals surface area contributed by atoms with Gasteiger partial charge in [-0.3, -0.25) is 9.59 Å². The van der Waals surface area contributed by atoms with Crippen LogP contribution in [0.15, 0.2) is 18.2 Å². The minimum atomic E-state index is -0.627. The fourth-order valence-corrected chi connectivity index (χ4v) is 1.90. The second kappa shape index (κ2) is 6.17. The number of benzene rings is 1. The zero-order valence-electron chi connectivity index (χ0n) is 10.7. The molecule has 1 atom stereocenters. The van der Waals surface area contributed by atoms with E-state index in [2.05, 4.69) is 22.5 Å². The Kier molecular flexibility index (Phi) is 4.33. The van der Waals surface area contributed by atoms with E-state index >= 15 is 0 Å². The van der Waals surface area contributed by atoms with Gasteiger partial charge in [0.15, 0.2) is 0 Å². The van der Waals surface area contributed by atoms with Crippen LogP contribution in [0.3, 0.4) is 0 Å². The molecule has 5 nitrogen and oxygen atoms in total. The van der Waals surface area contributed by atoms with E-state index in [4.69, 9.17) is 5.73 Å². The van der Waals surface area contributed by atoms with E-state index in [1.165, 1.54) is 18.2 Å². The molecular weight excluding hydrogens is 261 g/mol. The highest BCUT2D eigenvalue weighted by atomic mass is 19.1. The zero-order chi connectivity index (χ0) is 14.5. The number of nitrogens with one attached hydrogen (secondary N) is 2. The lowest BCUT2D eigenvalue weighted by molar-refractivity contribution is -0.119. The molecule has 1 unspecified atom stereocenters. The largest absolute Gasteiger partial charge is 0.354 e. The molecule has 1 heterocycles. The molecule has 0 aliphatic carbocycles. The van der Waals surface area contributed by atoms with E-state index in [0.29, 0.717) is 12.1 Å². The van der Waals surface area contributed by atoms with Crippen molar-refractivity contribution < 1.29 is 14.0 Å². The molecule has 1 aliphatic heterocycles. The molecule has 2 rings (SSSR count). The first-order chi connectivity index (χ1) is 9.60. The lowest BCUT2D eigenvalue weighted by Gasteiger charge is -2.11. The first-order valence-corrected chi connectivity index (χ1v) is 6.16. The summed E-state index contributed by atoms with van der Waals surface area (Å²) in [5.74, 6) is 4.07. The quantitative estimate of drug-likeness (QED) is 0.651. The summed E-state index contributed by atoms with van der Waals surface area (Å²) in [6, 6.07) is 3.73. The van der Waals surface area contributed by atoms with E-state index < -0.39 is 11.7 Å². The molecule has 1 aliphatic rings. The van der Waals surface area contributed by atoms with E-state index in [0.717, 1.165) is 0 Å². The molecule has 20 heavy (non-hydrogen) atoms. The first-order valence-electron chi connectivity index (χ1n) is 6.16.